The molecular formula is C16H22O4. The zero-order valence-electron chi connectivity index (χ0n) is 12.3. The SMILES string of the molecule is C=C(C)C(=O)OCC(=O)OC1(C(C)C)CC2C=CC1C2. The van der Waals surface area contributed by atoms with Crippen LogP contribution in [0.2, 0.25) is 0 Å². The first-order chi connectivity index (χ1) is 9.35. The van der Waals surface area contributed by atoms with Gasteiger partial charge in [0.15, 0.2) is 6.61 Å². The number of ether oxygens (including phenoxy) is 2. The van der Waals surface area contributed by atoms with Gasteiger partial charge in [0.2, 0.25) is 0 Å². The van der Waals surface area contributed by atoms with E-state index in [1.54, 1.807) is 6.92 Å². The molecule has 0 aromatic rings. The minimum absolute atomic E-state index is 0.239. The minimum atomic E-state index is -0.562. The first-order valence-corrected chi connectivity index (χ1v) is 7.08. The smallest absolute Gasteiger partial charge is 0.344 e. The molecule has 4 nitrogen and oxygen atoms in total. The normalized spacial score (nSPS) is 30.6. The van der Waals surface area contributed by atoms with Crippen molar-refractivity contribution in [3.05, 3.63) is 24.3 Å². The van der Waals surface area contributed by atoms with Crippen molar-refractivity contribution in [2.24, 2.45) is 17.8 Å². The maximum Gasteiger partial charge on any atom is 0.344 e. The standard InChI is InChI=1S/C16H22O4/c1-10(2)15(18)19-9-14(17)20-16(11(3)4)8-12-5-6-13(16)7-12/h5-6,11-13H,1,7-9H2,2-4H3. The van der Waals surface area contributed by atoms with Crippen LogP contribution in [0, 0.1) is 17.8 Å². The molecule has 0 amide bonds. The van der Waals surface area contributed by atoms with Crippen LogP contribution in [-0.4, -0.2) is 24.1 Å². The molecule has 20 heavy (non-hydrogen) atoms. The highest BCUT2D eigenvalue weighted by atomic mass is 16.6. The van der Waals surface area contributed by atoms with E-state index in [4.69, 9.17) is 9.47 Å². The molecule has 0 saturated heterocycles. The monoisotopic (exact) mass is 278 g/mol. The number of carbonyl (C=O) groups excluding carboxylic acids is 2. The predicted octanol–water partition coefficient (Wildman–Crippen LogP) is 2.64. The summed E-state index contributed by atoms with van der Waals surface area (Å²) < 4.78 is 10.6. The van der Waals surface area contributed by atoms with Gasteiger partial charge in [-0.05, 0) is 31.6 Å². The van der Waals surface area contributed by atoms with Gasteiger partial charge >= 0.3 is 11.9 Å². The maximum atomic E-state index is 12.0. The van der Waals surface area contributed by atoms with E-state index < -0.39 is 17.5 Å². The van der Waals surface area contributed by atoms with E-state index >= 15 is 0 Å². The molecule has 0 aromatic carbocycles. The van der Waals surface area contributed by atoms with Crippen LogP contribution < -0.4 is 0 Å². The molecular weight excluding hydrogens is 256 g/mol. The molecule has 0 aromatic heterocycles. The Balaban J connectivity index is 1.96. The van der Waals surface area contributed by atoms with Crippen molar-refractivity contribution in [1.29, 1.82) is 0 Å². The van der Waals surface area contributed by atoms with E-state index in [1.165, 1.54) is 0 Å². The van der Waals surface area contributed by atoms with Gasteiger partial charge in [0.05, 0.1) is 0 Å². The second-order valence-corrected chi connectivity index (χ2v) is 6.13. The molecule has 110 valence electrons. The van der Waals surface area contributed by atoms with E-state index in [0.29, 0.717) is 5.92 Å². The number of carbonyl (C=O) groups is 2. The largest absolute Gasteiger partial charge is 0.456 e. The molecule has 0 spiro atoms. The van der Waals surface area contributed by atoms with Crippen molar-refractivity contribution in [3.63, 3.8) is 0 Å². The van der Waals surface area contributed by atoms with Crippen molar-refractivity contribution in [3.8, 4) is 0 Å². The van der Waals surface area contributed by atoms with Gasteiger partial charge in [-0.25, -0.2) is 9.59 Å². The zero-order chi connectivity index (χ0) is 14.9. The predicted molar refractivity (Wildman–Crippen MR) is 74.8 cm³/mol. The molecule has 0 aliphatic heterocycles. The average Bonchev–Trinajstić information content (AvgIpc) is 2.96. The summed E-state index contributed by atoms with van der Waals surface area (Å²) in [5, 5.41) is 0. The van der Waals surface area contributed by atoms with Crippen LogP contribution in [0.1, 0.15) is 33.6 Å². The number of rotatable bonds is 5. The second kappa shape index (κ2) is 5.43. The number of allylic oxidation sites excluding steroid dienone is 1. The summed E-state index contributed by atoms with van der Waals surface area (Å²) in [6, 6.07) is 0. The molecule has 3 atom stereocenters. The zero-order valence-corrected chi connectivity index (χ0v) is 12.3. The van der Waals surface area contributed by atoms with E-state index in [-0.39, 0.29) is 24.0 Å². The quantitative estimate of drug-likeness (QED) is 0.441. The fraction of sp³-hybridized carbons (Fsp3) is 0.625. The molecule has 2 bridgehead atoms. The van der Waals surface area contributed by atoms with Gasteiger partial charge in [-0.2, -0.15) is 0 Å². The molecule has 2 aliphatic carbocycles. The van der Waals surface area contributed by atoms with Crippen molar-refractivity contribution >= 4 is 11.9 Å². The Hall–Kier alpha value is -1.58. The molecule has 4 heteroatoms. The van der Waals surface area contributed by atoms with Gasteiger partial charge in [0.1, 0.15) is 5.60 Å². The van der Waals surface area contributed by atoms with Crippen LogP contribution in [0.5, 0.6) is 0 Å². The van der Waals surface area contributed by atoms with Gasteiger partial charge in [-0.15, -0.1) is 0 Å². The number of hydrogen-bond donors (Lipinski definition) is 0. The minimum Gasteiger partial charge on any atom is -0.456 e. The van der Waals surface area contributed by atoms with E-state index in [9.17, 15) is 9.59 Å². The van der Waals surface area contributed by atoms with Crippen LogP contribution in [0.25, 0.3) is 0 Å². The molecule has 2 rings (SSSR count). The summed E-state index contributed by atoms with van der Waals surface area (Å²) in [4.78, 5) is 23.2. The highest BCUT2D eigenvalue weighted by molar-refractivity contribution is 5.88. The molecule has 1 fully saturated rings. The Morgan fingerprint density at radius 3 is 2.55 bits per heavy atom. The third-order valence-corrected chi connectivity index (χ3v) is 4.33. The van der Waals surface area contributed by atoms with E-state index in [2.05, 4.69) is 32.6 Å². The maximum absolute atomic E-state index is 12.0. The molecule has 2 aliphatic rings. The Bertz CT molecular complexity index is 463. The molecule has 0 N–H and O–H groups in total. The van der Waals surface area contributed by atoms with Gasteiger partial charge in [0.25, 0.3) is 0 Å². The third kappa shape index (κ3) is 2.65. The Morgan fingerprint density at radius 2 is 2.10 bits per heavy atom. The molecule has 3 unspecified atom stereocenters. The van der Waals surface area contributed by atoms with Crippen molar-refractivity contribution < 1.29 is 19.1 Å². The first kappa shape index (κ1) is 14.8. The molecule has 0 radical (unpaired) electrons. The summed E-state index contributed by atoms with van der Waals surface area (Å²) in [5.74, 6) is -0.00709. The van der Waals surface area contributed by atoms with Crippen molar-refractivity contribution in [2.75, 3.05) is 6.61 Å². The molecule has 1 saturated carbocycles. The van der Waals surface area contributed by atoms with Gasteiger partial charge in [-0.1, -0.05) is 32.6 Å². The van der Waals surface area contributed by atoms with E-state index in [1.807, 2.05) is 0 Å². The van der Waals surface area contributed by atoms with Crippen LogP contribution in [0.4, 0.5) is 0 Å². The Kier molecular flexibility index (Phi) is 4.02. The summed E-state index contributed by atoms with van der Waals surface area (Å²) in [6.07, 6.45) is 6.28. The lowest BCUT2D eigenvalue weighted by atomic mass is 9.79. The lowest BCUT2D eigenvalue weighted by Crippen LogP contribution is -2.45. The summed E-state index contributed by atoms with van der Waals surface area (Å²) in [6.45, 7) is 8.82. The van der Waals surface area contributed by atoms with Gasteiger partial charge in [-0.3, -0.25) is 0 Å². The van der Waals surface area contributed by atoms with Crippen LogP contribution in [0.15, 0.2) is 24.3 Å². The number of fused-ring (bicyclic) bond motifs is 2. The Labute approximate surface area is 119 Å². The number of hydrogen-bond acceptors (Lipinski definition) is 4. The van der Waals surface area contributed by atoms with Crippen molar-refractivity contribution in [2.45, 2.75) is 39.2 Å². The second-order valence-electron chi connectivity index (χ2n) is 6.13. The van der Waals surface area contributed by atoms with E-state index in [0.717, 1.165) is 12.8 Å². The fourth-order valence-corrected chi connectivity index (χ4v) is 3.24. The highest BCUT2D eigenvalue weighted by Gasteiger charge is 2.53. The third-order valence-electron chi connectivity index (χ3n) is 4.33. The van der Waals surface area contributed by atoms with Crippen LogP contribution in [0.3, 0.4) is 0 Å². The van der Waals surface area contributed by atoms with Gasteiger partial charge in [0, 0.05) is 11.5 Å². The number of esters is 2. The van der Waals surface area contributed by atoms with Crippen LogP contribution >= 0.6 is 0 Å². The van der Waals surface area contributed by atoms with Crippen molar-refractivity contribution in [1.82, 2.24) is 0 Å². The summed E-state index contributed by atoms with van der Waals surface area (Å²) in [5.41, 5.74) is -0.161. The fourth-order valence-electron chi connectivity index (χ4n) is 3.24. The molecule has 0 heterocycles. The topological polar surface area (TPSA) is 52.6 Å². The average molecular weight is 278 g/mol. The Morgan fingerprint density at radius 1 is 1.40 bits per heavy atom. The summed E-state index contributed by atoms with van der Waals surface area (Å²) in [7, 11) is 0. The van der Waals surface area contributed by atoms with Gasteiger partial charge < -0.3 is 9.47 Å². The van der Waals surface area contributed by atoms with Crippen LogP contribution in [-0.2, 0) is 19.1 Å². The lowest BCUT2D eigenvalue weighted by molar-refractivity contribution is -0.176. The highest BCUT2D eigenvalue weighted by Crippen LogP contribution is 2.52. The lowest BCUT2D eigenvalue weighted by Gasteiger charge is -2.38. The summed E-state index contributed by atoms with van der Waals surface area (Å²) >= 11 is 0. The first-order valence-electron chi connectivity index (χ1n) is 7.08.